The minimum atomic E-state index is 0.335. The van der Waals surface area contributed by atoms with Gasteiger partial charge in [-0.15, -0.1) is 0 Å². The van der Waals surface area contributed by atoms with E-state index in [0.717, 1.165) is 22.4 Å². The van der Waals surface area contributed by atoms with Crippen LogP contribution in [0.2, 0.25) is 0 Å². The molecule has 0 radical (unpaired) electrons. The molecule has 0 amide bonds. The van der Waals surface area contributed by atoms with Gasteiger partial charge in [0.25, 0.3) is 0 Å². The zero-order valence-electron chi connectivity index (χ0n) is 11.2. The molecule has 19 heavy (non-hydrogen) atoms. The molecule has 0 saturated carbocycles. The Kier molecular flexibility index (Phi) is 3.81. The lowest BCUT2D eigenvalue weighted by molar-refractivity contribution is 0.455. The zero-order valence-corrected chi connectivity index (χ0v) is 12.0. The third-order valence-corrected chi connectivity index (χ3v) is 3.34. The molecule has 0 aliphatic heterocycles. The predicted octanol–water partition coefficient (Wildman–Crippen LogP) is 3.43. The molecule has 1 heterocycles. The van der Waals surface area contributed by atoms with E-state index in [9.17, 15) is 0 Å². The van der Waals surface area contributed by atoms with Gasteiger partial charge >= 0.3 is 0 Å². The number of benzene rings is 1. The molecule has 0 saturated heterocycles. The Bertz CT molecular complexity index is 621. The summed E-state index contributed by atoms with van der Waals surface area (Å²) in [7, 11) is 0. The third kappa shape index (κ3) is 2.90. The van der Waals surface area contributed by atoms with E-state index >= 15 is 0 Å². The molecule has 0 fully saturated rings. The Labute approximate surface area is 118 Å². The van der Waals surface area contributed by atoms with Gasteiger partial charge in [-0.2, -0.15) is 0 Å². The van der Waals surface area contributed by atoms with E-state index in [4.69, 9.17) is 22.7 Å². The van der Waals surface area contributed by atoms with Crippen molar-refractivity contribution in [3.05, 3.63) is 52.7 Å². The summed E-state index contributed by atoms with van der Waals surface area (Å²) in [5.74, 6) is 1.40. The van der Waals surface area contributed by atoms with Crippen molar-refractivity contribution in [2.24, 2.45) is 5.73 Å². The summed E-state index contributed by atoms with van der Waals surface area (Å²) in [5.41, 5.74) is 9.68. The Morgan fingerprint density at radius 3 is 2.37 bits per heavy atom. The monoisotopic (exact) mass is 272 g/mol. The smallest absolute Gasteiger partial charge is 0.219 e. The fraction of sp³-hybridized carbons (Fsp3) is 0.200. The molecule has 2 rings (SSSR count). The number of thiocarbonyl (C=S) groups is 1. The predicted molar refractivity (Wildman–Crippen MR) is 80.9 cm³/mol. The summed E-state index contributed by atoms with van der Waals surface area (Å²) >= 11 is 4.89. The standard InChI is InChI=1S/C15H16N2OS/c1-9-4-5-10(2)14(11(9)3)18-13-7-6-12(8-17-13)15(16)19/h4-8H,1-3H3,(H2,16,19). The molecule has 4 heteroatoms. The highest BCUT2D eigenvalue weighted by Crippen LogP contribution is 2.29. The molecule has 0 unspecified atom stereocenters. The van der Waals surface area contributed by atoms with Crippen molar-refractivity contribution in [2.75, 3.05) is 0 Å². The maximum atomic E-state index is 5.86. The van der Waals surface area contributed by atoms with Crippen LogP contribution in [0.15, 0.2) is 30.5 Å². The van der Waals surface area contributed by atoms with Crippen molar-refractivity contribution in [2.45, 2.75) is 20.8 Å². The average Bonchev–Trinajstić information content (AvgIpc) is 2.40. The summed E-state index contributed by atoms with van der Waals surface area (Å²) < 4.78 is 5.86. The topological polar surface area (TPSA) is 48.1 Å². The van der Waals surface area contributed by atoms with E-state index in [1.807, 2.05) is 26.0 Å². The van der Waals surface area contributed by atoms with Gasteiger partial charge in [0.1, 0.15) is 10.7 Å². The summed E-state index contributed by atoms with van der Waals surface area (Å²) in [6.45, 7) is 6.12. The maximum Gasteiger partial charge on any atom is 0.219 e. The first-order valence-electron chi connectivity index (χ1n) is 5.99. The summed E-state index contributed by atoms with van der Waals surface area (Å²) in [5, 5.41) is 0. The molecule has 1 aromatic carbocycles. The largest absolute Gasteiger partial charge is 0.438 e. The average molecular weight is 272 g/mol. The molecular formula is C15H16N2OS. The fourth-order valence-electron chi connectivity index (χ4n) is 1.77. The van der Waals surface area contributed by atoms with E-state index in [1.54, 1.807) is 12.3 Å². The van der Waals surface area contributed by atoms with Crippen LogP contribution in [0, 0.1) is 20.8 Å². The van der Waals surface area contributed by atoms with Crippen molar-refractivity contribution >= 4 is 17.2 Å². The second kappa shape index (κ2) is 5.36. The van der Waals surface area contributed by atoms with Gasteiger partial charge in [0.05, 0.1) is 0 Å². The summed E-state index contributed by atoms with van der Waals surface area (Å²) in [6, 6.07) is 7.71. The van der Waals surface area contributed by atoms with E-state index in [1.165, 1.54) is 5.56 Å². The quantitative estimate of drug-likeness (QED) is 0.870. The van der Waals surface area contributed by atoms with Crippen molar-refractivity contribution < 1.29 is 4.74 Å². The minimum absolute atomic E-state index is 0.335. The van der Waals surface area contributed by atoms with Crippen LogP contribution in [0.5, 0.6) is 11.6 Å². The van der Waals surface area contributed by atoms with E-state index < -0.39 is 0 Å². The highest BCUT2D eigenvalue weighted by molar-refractivity contribution is 7.80. The van der Waals surface area contributed by atoms with Crippen molar-refractivity contribution in [1.82, 2.24) is 4.98 Å². The van der Waals surface area contributed by atoms with E-state index in [2.05, 4.69) is 18.0 Å². The zero-order chi connectivity index (χ0) is 14.0. The van der Waals surface area contributed by atoms with Crippen LogP contribution in [-0.4, -0.2) is 9.97 Å². The summed E-state index contributed by atoms with van der Waals surface area (Å²) in [4.78, 5) is 4.55. The van der Waals surface area contributed by atoms with Gasteiger partial charge in [-0.1, -0.05) is 24.4 Å². The van der Waals surface area contributed by atoms with Crippen LogP contribution in [0.4, 0.5) is 0 Å². The number of pyridine rings is 1. The summed E-state index contributed by atoms with van der Waals surface area (Å²) in [6.07, 6.45) is 1.62. The lowest BCUT2D eigenvalue weighted by Crippen LogP contribution is -2.09. The molecule has 98 valence electrons. The number of aryl methyl sites for hydroxylation is 2. The van der Waals surface area contributed by atoms with Gasteiger partial charge in [0.15, 0.2) is 0 Å². The van der Waals surface area contributed by atoms with Crippen LogP contribution in [0.25, 0.3) is 0 Å². The number of ether oxygens (including phenoxy) is 1. The molecule has 0 atom stereocenters. The first kappa shape index (κ1) is 13.5. The molecule has 0 spiro atoms. The van der Waals surface area contributed by atoms with Crippen LogP contribution < -0.4 is 10.5 Å². The number of rotatable bonds is 3. The first-order valence-corrected chi connectivity index (χ1v) is 6.40. The second-order valence-corrected chi connectivity index (χ2v) is 4.94. The number of nitrogens with two attached hydrogens (primary N) is 1. The van der Waals surface area contributed by atoms with Crippen LogP contribution in [0.1, 0.15) is 22.3 Å². The second-order valence-electron chi connectivity index (χ2n) is 4.50. The van der Waals surface area contributed by atoms with Crippen molar-refractivity contribution in [3.8, 4) is 11.6 Å². The van der Waals surface area contributed by atoms with Gasteiger partial charge in [0, 0.05) is 17.8 Å². The molecular weight excluding hydrogens is 256 g/mol. The lowest BCUT2D eigenvalue weighted by Gasteiger charge is -2.13. The molecule has 3 nitrogen and oxygen atoms in total. The third-order valence-electron chi connectivity index (χ3n) is 3.10. The Balaban J connectivity index is 2.31. The maximum absolute atomic E-state index is 5.86. The van der Waals surface area contributed by atoms with Gasteiger partial charge in [-0.05, 0) is 43.5 Å². The number of hydrogen-bond acceptors (Lipinski definition) is 3. The molecule has 0 bridgehead atoms. The normalized spacial score (nSPS) is 10.3. The molecule has 2 aromatic rings. The molecule has 1 aromatic heterocycles. The van der Waals surface area contributed by atoms with Crippen LogP contribution >= 0.6 is 12.2 Å². The van der Waals surface area contributed by atoms with E-state index in [0.29, 0.717) is 10.9 Å². The molecule has 0 aliphatic carbocycles. The van der Waals surface area contributed by atoms with Crippen molar-refractivity contribution in [3.63, 3.8) is 0 Å². The van der Waals surface area contributed by atoms with Crippen molar-refractivity contribution in [1.29, 1.82) is 0 Å². The Morgan fingerprint density at radius 1 is 1.11 bits per heavy atom. The molecule has 2 N–H and O–H groups in total. The van der Waals surface area contributed by atoms with Gasteiger partial charge in [0.2, 0.25) is 5.88 Å². The van der Waals surface area contributed by atoms with Crippen LogP contribution in [0.3, 0.4) is 0 Å². The SMILES string of the molecule is Cc1ccc(C)c(Oc2ccc(C(N)=S)cn2)c1C. The van der Waals surface area contributed by atoms with Gasteiger partial charge < -0.3 is 10.5 Å². The Hall–Kier alpha value is -1.94. The van der Waals surface area contributed by atoms with Gasteiger partial charge in [-0.3, -0.25) is 0 Å². The number of nitrogens with zero attached hydrogens (tertiary/aromatic N) is 1. The Morgan fingerprint density at radius 2 is 1.79 bits per heavy atom. The lowest BCUT2D eigenvalue weighted by atomic mass is 10.1. The first-order chi connectivity index (χ1) is 8.99. The van der Waals surface area contributed by atoms with Crippen LogP contribution in [-0.2, 0) is 0 Å². The number of hydrogen-bond donors (Lipinski definition) is 1. The van der Waals surface area contributed by atoms with E-state index in [-0.39, 0.29) is 0 Å². The number of aromatic nitrogens is 1. The highest BCUT2D eigenvalue weighted by atomic mass is 32.1. The van der Waals surface area contributed by atoms with Gasteiger partial charge in [-0.25, -0.2) is 4.98 Å². The highest BCUT2D eigenvalue weighted by Gasteiger charge is 2.08. The minimum Gasteiger partial charge on any atom is -0.438 e. The molecule has 0 aliphatic rings. The fourth-order valence-corrected chi connectivity index (χ4v) is 1.89.